The second-order valence-electron chi connectivity index (χ2n) is 7.85. The molecule has 0 unspecified atom stereocenters. The molecule has 2 amide bonds. The van der Waals surface area contributed by atoms with Gasteiger partial charge >= 0.3 is 11.7 Å². The van der Waals surface area contributed by atoms with E-state index in [4.69, 9.17) is 23.2 Å². The molecule has 0 spiro atoms. The molecular weight excluding hydrogens is 449 g/mol. The number of hydrogen-bond acceptors (Lipinski definition) is 3. The molecule has 1 aliphatic heterocycles. The fourth-order valence-corrected chi connectivity index (χ4v) is 4.33. The molecule has 2 aromatic carbocycles. The number of halogens is 2. The summed E-state index contributed by atoms with van der Waals surface area (Å²) in [5, 5.41) is 8.38. The molecule has 32 heavy (non-hydrogen) atoms. The fourth-order valence-electron chi connectivity index (χ4n) is 4.03. The van der Waals surface area contributed by atoms with Crippen LogP contribution in [0.3, 0.4) is 0 Å². The molecule has 168 valence electrons. The summed E-state index contributed by atoms with van der Waals surface area (Å²) < 4.78 is 3.29. The van der Waals surface area contributed by atoms with Gasteiger partial charge in [-0.3, -0.25) is 4.57 Å². The Labute approximate surface area is 196 Å². The summed E-state index contributed by atoms with van der Waals surface area (Å²) >= 11 is 12.0. The Morgan fingerprint density at radius 2 is 1.81 bits per heavy atom. The second-order valence-corrected chi connectivity index (χ2v) is 8.66. The summed E-state index contributed by atoms with van der Waals surface area (Å²) in [7, 11) is 0. The third-order valence-electron chi connectivity index (χ3n) is 5.76. The van der Waals surface area contributed by atoms with Crippen molar-refractivity contribution in [2.45, 2.75) is 38.8 Å². The first-order chi connectivity index (χ1) is 15.5. The van der Waals surface area contributed by atoms with Gasteiger partial charge < -0.3 is 10.2 Å². The molecule has 3 aromatic rings. The minimum absolute atomic E-state index is 0.0915. The van der Waals surface area contributed by atoms with Crippen molar-refractivity contribution in [3.63, 3.8) is 0 Å². The maximum Gasteiger partial charge on any atom is 0.346 e. The molecule has 1 N–H and O–H groups in total. The molecule has 7 nitrogen and oxygen atoms in total. The van der Waals surface area contributed by atoms with E-state index in [0.29, 0.717) is 41.9 Å². The number of carbonyl (C=O) groups is 1. The van der Waals surface area contributed by atoms with Crippen LogP contribution in [0.5, 0.6) is 0 Å². The Morgan fingerprint density at radius 3 is 2.47 bits per heavy atom. The van der Waals surface area contributed by atoms with Crippen molar-refractivity contribution in [1.82, 2.24) is 19.2 Å². The monoisotopic (exact) mass is 473 g/mol. The Morgan fingerprint density at radius 1 is 1.09 bits per heavy atom. The van der Waals surface area contributed by atoms with Gasteiger partial charge in [0.15, 0.2) is 0 Å². The topological polar surface area (TPSA) is 72.2 Å². The zero-order valence-corrected chi connectivity index (χ0v) is 19.3. The van der Waals surface area contributed by atoms with E-state index >= 15 is 0 Å². The lowest BCUT2D eigenvalue weighted by molar-refractivity contribution is 0.192. The Bertz CT molecular complexity index is 1150. The van der Waals surface area contributed by atoms with Crippen LogP contribution in [-0.2, 0) is 13.1 Å². The number of carbonyl (C=O) groups excluding carboxylic acids is 1. The number of likely N-dealkylation sites (tertiary alicyclic amines) is 1. The van der Waals surface area contributed by atoms with Crippen LogP contribution in [0.2, 0.25) is 10.0 Å². The number of anilines is 1. The highest BCUT2D eigenvalue weighted by molar-refractivity contribution is 6.42. The maximum absolute atomic E-state index is 12.9. The third kappa shape index (κ3) is 4.84. The van der Waals surface area contributed by atoms with Crippen LogP contribution < -0.4 is 11.0 Å². The normalized spacial score (nSPS) is 14.5. The lowest BCUT2D eigenvalue weighted by atomic mass is 9.96. The van der Waals surface area contributed by atoms with Gasteiger partial charge in [0.1, 0.15) is 5.82 Å². The average Bonchev–Trinajstić information content (AvgIpc) is 3.12. The number of rotatable bonds is 5. The largest absolute Gasteiger partial charge is 0.346 e. The van der Waals surface area contributed by atoms with Crippen molar-refractivity contribution in [2.24, 2.45) is 0 Å². The molecule has 1 aliphatic rings. The second kappa shape index (κ2) is 9.79. The van der Waals surface area contributed by atoms with Crippen LogP contribution in [0, 0.1) is 0 Å². The number of aromatic nitrogens is 3. The predicted molar refractivity (Wildman–Crippen MR) is 127 cm³/mol. The van der Waals surface area contributed by atoms with E-state index in [1.165, 1.54) is 4.68 Å². The smallest absolute Gasteiger partial charge is 0.324 e. The van der Waals surface area contributed by atoms with E-state index in [9.17, 15) is 9.59 Å². The number of amides is 2. The number of nitrogens with one attached hydrogen (secondary N) is 1. The molecule has 0 radical (unpaired) electrons. The summed E-state index contributed by atoms with van der Waals surface area (Å²) in [5.74, 6) is 0.937. The van der Waals surface area contributed by atoms with Crippen molar-refractivity contribution in [3.05, 3.63) is 80.4 Å². The van der Waals surface area contributed by atoms with Gasteiger partial charge in [-0.15, -0.1) is 0 Å². The molecule has 1 saturated heterocycles. The maximum atomic E-state index is 12.9. The van der Waals surface area contributed by atoms with E-state index in [1.54, 1.807) is 27.7 Å². The lowest BCUT2D eigenvalue weighted by Gasteiger charge is -2.31. The van der Waals surface area contributed by atoms with E-state index in [-0.39, 0.29) is 17.6 Å². The van der Waals surface area contributed by atoms with Crippen LogP contribution in [0.25, 0.3) is 0 Å². The van der Waals surface area contributed by atoms with Crippen LogP contribution in [0.15, 0.2) is 53.3 Å². The first-order valence-corrected chi connectivity index (χ1v) is 11.4. The molecule has 0 atom stereocenters. The molecule has 1 fully saturated rings. The Balaban J connectivity index is 1.42. The van der Waals surface area contributed by atoms with Gasteiger partial charge in [-0.25, -0.2) is 14.3 Å². The highest BCUT2D eigenvalue weighted by Gasteiger charge is 2.28. The average molecular weight is 474 g/mol. The number of nitrogens with zero attached hydrogens (tertiary/aromatic N) is 4. The van der Waals surface area contributed by atoms with Crippen LogP contribution in [-0.4, -0.2) is 38.4 Å². The predicted octanol–water partition coefficient (Wildman–Crippen LogP) is 4.83. The van der Waals surface area contributed by atoms with Crippen molar-refractivity contribution >= 4 is 34.9 Å². The molecule has 0 saturated carbocycles. The van der Waals surface area contributed by atoms with Gasteiger partial charge in [0.2, 0.25) is 0 Å². The SMILES string of the molecule is CCn1c(C2CCN(C(=O)Nc3ccc(Cl)c(Cl)c3)CC2)nn(Cc2ccccc2)c1=O. The van der Waals surface area contributed by atoms with Gasteiger partial charge in [-0.1, -0.05) is 53.5 Å². The van der Waals surface area contributed by atoms with Gasteiger partial charge in [0.05, 0.1) is 16.6 Å². The number of benzene rings is 2. The zero-order chi connectivity index (χ0) is 22.7. The highest BCUT2D eigenvalue weighted by atomic mass is 35.5. The van der Waals surface area contributed by atoms with Gasteiger partial charge in [0, 0.05) is 31.2 Å². The van der Waals surface area contributed by atoms with E-state index in [1.807, 2.05) is 37.3 Å². The van der Waals surface area contributed by atoms with E-state index < -0.39 is 0 Å². The summed E-state index contributed by atoms with van der Waals surface area (Å²) in [6.07, 6.45) is 1.49. The zero-order valence-electron chi connectivity index (χ0n) is 17.8. The first-order valence-electron chi connectivity index (χ1n) is 10.7. The van der Waals surface area contributed by atoms with Gasteiger partial charge in [-0.2, -0.15) is 5.10 Å². The van der Waals surface area contributed by atoms with Crippen molar-refractivity contribution in [1.29, 1.82) is 0 Å². The van der Waals surface area contributed by atoms with E-state index in [0.717, 1.165) is 24.2 Å². The Hall–Kier alpha value is -2.77. The van der Waals surface area contributed by atoms with Gasteiger partial charge in [-0.05, 0) is 43.5 Å². The molecular formula is C23H25Cl2N5O2. The van der Waals surface area contributed by atoms with Crippen LogP contribution in [0.4, 0.5) is 10.5 Å². The Kier molecular flexibility index (Phi) is 6.86. The molecule has 0 aliphatic carbocycles. The molecule has 4 rings (SSSR count). The van der Waals surface area contributed by atoms with E-state index in [2.05, 4.69) is 10.4 Å². The van der Waals surface area contributed by atoms with Crippen molar-refractivity contribution in [3.8, 4) is 0 Å². The summed E-state index contributed by atoms with van der Waals surface area (Å²) in [5.41, 5.74) is 1.55. The number of urea groups is 1. The van der Waals surface area contributed by atoms with Crippen molar-refractivity contribution in [2.75, 3.05) is 18.4 Å². The fraction of sp³-hybridized carbons (Fsp3) is 0.348. The molecule has 0 bridgehead atoms. The third-order valence-corrected chi connectivity index (χ3v) is 6.50. The standard InChI is InChI=1S/C23H25Cl2N5O2/c1-2-29-21(27-30(23(29)32)15-16-6-4-3-5-7-16)17-10-12-28(13-11-17)22(31)26-18-8-9-19(24)20(25)14-18/h3-9,14,17H,2,10-13,15H2,1H3,(H,26,31). The van der Waals surface area contributed by atoms with Gasteiger partial charge in [0.25, 0.3) is 0 Å². The quantitative estimate of drug-likeness (QED) is 0.576. The molecule has 2 heterocycles. The minimum Gasteiger partial charge on any atom is -0.324 e. The summed E-state index contributed by atoms with van der Waals surface area (Å²) in [6.45, 7) is 4.15. The lowest BCUT2D eigenvalue weighted by Crippen LogP contribution is -2.41. The van der Waals surface area contributed by atoms with Crippen LogP contribution in [0.1, 0.15) is 37.1 Å². The minimum atomic E-state index is -0.177. The number of piperidine rings is 1. The van der Waals surface area contributed by atoms with Crippen molar-refractivity contribution < 1.29 is 4.79 Å². The van der Waals surface area contributed by atoms with Crippen LogP contribution >= 0.6 is 23.2 Å². The molecule has 1 aromatic heterocycles. The molecule has 9 heteroatoms. The highest BCUT2D eigenvalue weighted by Crippen LogP contribution is 2.28. The number of hydrogen-bond donors (Lipinski definition) is 1. The summed E-state index contributed by atoms with van der Waals surface area (Å²) in [4.78, 5) is 27.3. The summed E-state index contributed by atoms with van der Waals surface area (Å²) in [6, 6.07) is 14.7. The first kappa shape index (κ1) is 22.4.